The highest BCUT2D eigenvalue weighted by molar-refractivity contribution is 6.05. The number of rotatable bonds is 2. The summed E-state index contributed by atoms with van der Waals surface area (Å²) in [6.45, 7) is 7.17. The fourth-order valence-corrected chi connectivity index (χ4v) is 1.94. The Bertz CT molecular complexity index is 501. The van der Waals surface area contributed by atoms with E-state index in [1.165, 1.54) is 7.11 Å². The second-order valence-electron chi connectivity index (χ2n) is 4.05. The molecule has 0 bridgehead atoms. The van der Waals surface area contributed by atoms with Gasteiger partial charge in [-0.2, -0.15) is 0 Å². The van der Waals surface area contributed by atoms with Gasteiger partial charge in [-0.15, -0.1) is 0 Å². The van der Waals surface area contributed by atoms with Gasteiger partial charge in [0.1, 0.15) is 0 Å². The lowest BCUT2D eigenvalue weighted by molar-refractivity contribution is 0.0581. The minimum atomic E-state index is -1.10. The highest BCUT2D eigenvalue weighted by atomic mass is 16.5. The lowest BCUT2D eigenvalue weighted by Crippen LogP contribution is -2.16. The summed E-state index contributed by atoms with van der Waals surface area (Å²) in [5.74, 6) is -1.71. The molecule has 0 saturated carbocycles. The predicted molar refractivity (Wildman–Crippen MR) is 63.7 cm³/mol. The van der Waals surface area contributed by atoms with E-state index in [0.717, 1.165) is 11.1 Å². The molecule has 1 N–H and O–H groups in total. The van der Waals surface area contributed by atoms with E-state index in [-0.39, 0.29) is 11.1 Å². The minimum Gasteiger partial charge on any atom is -0.478 e. The molecular weight excluding hydrogens is 220 g/mol. The predicted octanol–water partition coefficient (Wildman–Crippen LogP) is 2.41. The highest BCUT2D eigenvalue weighted by Crippen LogP contribution is 2.27. The SMILES string of the molecule is COC(=O)c1c(C)c(C)c(C)c(C)c1C(=O)O. The third-order valence-electron chi connectivity index (χ3n) is 3.29. The molecule has 0 unspecified atom stereocenters. The highest BCUT2D eigenvalue weighted by Gasteiger charge is 2.25. The second-order valence-corrected chi connectivity index (χ2v) is 4.05. The molecule has 0 aliphatic carbocycles. The van der Waals surface area contributed by atoms with Crippen LogP contribution in [0.25, 0.3) is 0 Å². The fourth-order valence-electron chi connectivity index (χ4n) is 1.94. The summed E-state index contributed by atoms with van der Waals surface area (Å²) in [4.78, 5) is 23.0. The third-order valence-corrected chi connectivity index (χ3v) is 3.29. The van der Waals surface area contributed by atoms with E-state index in [2.05, 4.69) is 4.74 Å². The monoisotopic (exact) mass is 236 g/mol. The molecule has 0 heterocycles. The molecule has 1 aromatic rings. The Kier molecular flexibility index (Phi) is 3.56. The van der Waals surface area contributed by atoms with Crippen molar-refractivity contribution in [3.8, 4) is 0 Å². The van der Waals surface area contributed by atoms with Crippen molar-refractivity contribution in [1.29, 1.82) is 0 Å². The van der Waals surface area contributed by atoms with Gasteiger partial charge in [-0.05, 0) is 49.9 Å². The van der Waals surface area contributed by atoms with Crippen molar-refractivity contribution < 1.29 is 19.4 Å². The average molecular weight is 236 g/mol. The van der Waals surface area contributed by atoms with E-state index in [9.17, 15) is 14.7 Å². The van der Waals surface area contributed by atoms with Gasteiger partial charge >= 0.3 is 11.9 Å². The Morgan fingerprint density at radius 2 is 1.29 bits per heavy atom. The lowest BCUT2D eigenvalue weighted by Gasteiger charge is -2.16. The molecule has 4 nitrogen and oxygen atoms in total. The van der Waals surface area contributed by atoms with Crippen molar-refractivity contribution in [3.05, 3.63) is 33.4 Å². The van der Waals surface area contributed by atoms with E-state index in [0.29, 0.717) is 11.1 Å². The summed E-state index contributed by atoms with van der Waals surface area (Å²) in [6.07, 6.45) is 0. The van der Waals surface area contributed by atoms with Crippen molar-refractivity contribution in [2.24, 2.45) is 0 Å². The molecule has 4 heteroatoms. The van der Waals surface area contributed by atoms with Crippen molar-refractivity contribution in [2.45, 2.75) is 27.7 Å². The maximum absolute atomic E-state index is 11.7. The number of hydrogen-bond acceptors (Lipinski definition) is 3. The maximum Gasteiger partial charge on any atom is 0.339 e. The molecule has 1 rings (SSSR count). The number of hydrogen-bond donors (Lipinski definition) is 1. The first-order valence-corrected chi connectivity index (χ1v) is 5.24. The topological polar surface area (TPSA) is 63.6 Å². The van der Waals surface area contributed by atoms with E-state index in [1.807, 2.05) is 13.8 Å². The van der Waals surface area contributed by atoms with Crippen molar-refractivity contribution in [3.63, 3.8) is 0 Å². The van der Waals surface area contributed by atoms with Gasteiger partial charge in [0.15, 0.2) is 0 Å². The van der Waals surface area contributed by atoms with Crippen LogP contribution < -0.4 is 0 Å². The molecule has 1 aromatic carbocycles. The number of carboxylic acids is 1. The number of ether oxygens (including phenoxy) is 1. The zero-order valence-electron chi connectivity index (χ0n) is 10.7. The third kappa shape index (κ3) is 2.02. The summed E-state index contributed by atoms with van der Waals surface area (Å²) in [6, 6.07) is 0. The van der Waals surface area contributed by atoms with Crippen molar-refractivity contribution in [2.75, 3.05) is 7.11 Å². The Labute approximate surface area is 100 Å². The van der Waals surface area contributed by atoms with Crippen LogP contribution in [0.2, 0.25) is 0 Å². The Hall–Kier alpha value is -1.84. The molecule has 0 aromatic heterocycles. The first kappa shape index (κ1) is 13.2. The molecule has 17 heavy (non-hydrogen) atoms. The van der Waals surface area contributed by atoms with E-state index in [4.69, 9.17) is 0 Å². The maximum atomic E-state index is 11.7. The van der Waals surface area contributed by atoms with Gasteiger partial charge in [0.2, 0.25) is 0 Å². The number of methoxy groups -OCH3 is 1. The number of carboxylic acid groups (broad SMARTS) is 1. The summed E-state index contributed by atoms with van der Waals surface area (Å²) < 4.78 is 4.66. The molecule has 92 valence electrons. The molecule has 0 fully saturated rings. The summed E-state index contributed by atoms with van der Waals surface area (Å²) >= 11 is 0. The first-order valence-electron chi connectivity index (χ1n) is 5.24. The molecule has 0 radical (unpaired) electrons. The normalized spacial score (nSPS) is 10.2. The lowest BCUT2D eigenvalue weighted by atomic mass is 9.89. The number of aromatic carboxylic acids is 1. The van der Waals surface area contributed by atoms with Gasteiger partial charge in [0, 0.05) is 0 Å². The number of esters is 1. The van der Waals surface area contributed by atoms with Crippen LogP contribution in [0.3, 0.4) is 0 Å². The van der Waals surface area contributed by atoms with Gasteiger partial charge in [-0.25, -0.2) is 9.59 Å². The summed E-state index contributed by atoms with van der Waals surface area (Å²) in [5.41, 5.74) is 3.29. The standard InChI is InChI=1S/C13H16O4/c1-6-7(2)9(4)11(13(16)17-5)10(8(6)3)12(14)15/h1-5H3,(H,14,15). The van der Waals surface area contributed by atoms with Crippen LogP contribution in [-0.4, -0.2) is 24.2 Å². The van der Waals surface area contributed by atoms with Crippen LogP contribution in [0.4, 0.5) is 0 Å². The van der Waals surface area contributed by atoms with Crippen LogP contribution in [0.15, 0.2) is 0 Å². The zero-order chi connectivity index (χ0) is 13.3. The Balaban J connectivity index is 3.78. The Morgan fingerprint density at radius 3 is 1.65 bits per heavy atom. The summed E-state index contributed by atoms with van der Waals surface area (Å²) in [7, 11) is 1.25. The molecular formula is C13H16O4. The minimum absolute atomic E-state index is 0.0393. The average Bonchev–Trinajstić information content (AvgIpc) is 2.29. The largest absolute Gasteiger partial charge is 0.478 e. The van der Waals surface area contributed by atoms with Gasteiger partial charge in [0.05, 0.1) is 18.2 Å². The van der Waals surface area contributed by atoms with Crippen molar-refractivity contribution in [1.82, 2.24) is 0 Å². The summed E-state index contributed by atoms with van der Waals surface area (Å²) in [5, 5.41) is 9.22. The molecule has 0 amide bonds. The van der Waals surface area contributed by atoms with Crippen LogP contribution in [0, 0.1) is 27.7 Å². The van der Waals surface area contributed by atoms with Gasteiger partial charge < -0.3 is 9.84 Å². The van der Waals surface area contributed by atoms with Gasteiger partial charge in [-0.1, -0.05) is 0 Å². The molecule has 0 atom stereocenters. The number of carbonyl (C=O) groups excluding carboxylic acids is 1. The first-order chi connectivity index (χ1) is 7.82. The second kappa shape index (κ2) is 4.57. The van der Waals surface area contributed by atoms with E-state index < -0.39 is 11.9 Å². The molecule has 0 saturated heterocycles. The van der Waals surface area contributed by atoms with Gasteiger partial charge in [-0.3, -0.25) is 0 Å². The number of benzene rings is 1. The molecule has 0 aliphatic rings. The van der Waals surface area contributed by atoms with Crippen LogP contribution in [-0.2, 0) is 4.74 Å². The molecule has 0 spiro atoms. The van der Waals surface area contributed by atoms with Gasteiger partial charge in [0.25, 0.3) is 0 Å². The Morgan fingerprint density at radius 1 is 0.882 bits per heavy atom. The van der Waals surface area contributed by atoms with Crippen LogP contribution >= 0.6 is 0 Å². The quantitative estimate of drug-likeness (QED) is 0.801. The molecule has 0 aliphatic heterocycles. The zero-order valence-corrected chi connectivity index (χ0v) is 10.7. The smallest absolute Gasteiger partial charge is 0.339 e. The van der Waals surface area contributed by atoms with Crippen LogP contribution in [0.1, 0.15) is 43.0 Å². The number of carbonyl (C=O) groups is 2. The fraction of sp³-hybridized carbons (Fsp3) is 0.385. The van der Waals surface area contributed by atoms with Crippen molar-refractivity contribution >= 4 is 11.9 Å². The van der Waals surface area contributed by atoms with E-state index >= 15 is 0 Å². The van der Waals surface area contributed by atoms with E-state index in [1.54, 1.807) is 13.8 Å². The van der Waals surface area contributed by atoms with Crippen LogP contribution in [0.5, 0.6) is 0 Å².